The Bertz CT molecular complexity index is 534. The molecule has 4 N–H and O–H groups in total. The van der Waals surface area contributed by atoms with Gasteiger partial charge in [0.1, 0.15) is 25.0 Å². The van der Waals surface area contributed by atoms with E-state index >= 15 is 0 Å². The lowest BCUT2D eigenvalue weighted by atomic mass is 10.2. The molecule has 2 rings (SSSR count). The molecule has 0 aliphatic rings. The largest absolute Gasteiger partial charge is 0.490 e. The van der Waals surface area contributed by atoms with Crippen molar-refractivity contribution in [3.05, 3.63) is 30.0 Å². The van der Waals surface area contributed by atoms with Crippen molar-refractivity contribution >= 4 is 10.9 Å². The van der Waals surface area contributed by atoms with E-state index in [-0.39, 0.29) is 0 Å². The number of aliphatic hydroxyl groups excluding tert-OH is 1. The van der Waals surface area contributed by atoms with Crippen LogP contribution in [0, 0.1) is 6.92 Å². The predicted molar refractivity (Wildman–Crippen MR) is 76.5 cm³/mol. The van der Waals surface area contributed by atoms with Gasteiger partial charge in [-0.1, -0.05) is 6.07 Å². The predicted octanol–water partition coefficient (Wildman–Crippen LogP) is 1.19. The van der Waals surface area contributed by atoms with Crippen molar-refractivity contribution < 1.29 is 15.2 Å². The number of aromatic amines is 1. The fraction of sp³-hybridized carbons (Fsp3) is 0.467. The molecule has 1 aromatic carbocycles. The molecule has 1 heterocycles. The molecule has 1 aromatic heterocycles. The maximum absolute atomic E-state index is 9.87. The zero-order chi connectivity index (χ0) is 13.8. The summed E-state index contributed by atoms with van der Waals surface area (Å²) in [6.45, 7) is 7.23. The van der Waals surface area contributed by atoms with Gasteiger partial charge >= 0.3 is 0 Å². The summed E-state index contributed by atoms with van der Waals surface area (Å²) in [5.74, 6) is 0.824. The summed E-state index contributed by atoms with van der Waals surface area (Å²) in [6, 6.07) is 8.48. The molecular formula is C15H23N2O2+. The molecule has 19 heavy (non-hydrogen) atoms. The van der Waals surface area contributed by atoms with Crippen LogP contribution in [0.3, 0.4) is 0 Å². The Kier molecular flexibility index (Phi) is 4.45. The molecule has 0 spiro atoms. The highest BCUT2D eigenvalue weighted by Crippen LogP contribution is 2.26. The van der Waals surface area contributed by atoms with Crippen LogP contribution in [0.15, 0.2) is 24.3 Å². The molecule has 2 aromatic rings. The molecule has 0 aliphatic carbocycles. The summed E-state index contributed by atoms with van der Waals surface area (Å²) < 4.78 is 5.74. The third-order valence-corrected chi connectivity index (χ3v) is 3.07. The van der Waals surface area contributed by atoms with Crippen molar-refractivity contribution in [3.8, 4) is 5.75 Å². The number of aliphatic hydroxyl groups is 1. The highest BCUT2D eigenvalue weighted by Gasteiger charge is 2.10. The van der Waals surface area contributed by atoms with Gasteiger partial charge in [-0.15, -0.1) is 0 Å². The summed E-state index contributed by atoms with van der Waals surface area (Å²) in [6.07, 6.45) is -0.447. The molecule has 104 valence electrons. The Balaban J connectivity index is 1.97. The number of rotatable bonds is 6. The molecule has 4 nitrogen and oxygen atoms in total. The number of fused-ring (bicyclic) bond motifs is 1. The molecule has 0 saturated heterocycles. The molecule has 0 fully saturated rings. The molecule has 0 aliphatic heterocycles. The molecular weight excluding hydrogens is 240 g/mol. The molecule has 4 heteroatoms. The average Bonchev–Trinajstić information content (AvgIpc) is 2.74. The first-order valence-corrected chi connectivity index (χ1v) is 6.79. The highest BCUT2D eigenvalue weighted by molar-refractivity contribution is 5.86. The number of aromatic nitrogens is 1. The fourth-order valence-electron chi connectivity index (χ4n) is 2.08. The van der Waals surface area contributed by atoms with Crippen LogP contribution in [0.2, 0.25) is 0 Å². The molecule has 0 bridgehead atoms. The Labute approximate surface area is 113 Å². The number of quaternary nitrogens is 1. The number of aryl methyl sites for hydroxylation is 1. The van der Waals surface area contributed by atoms with Crippen LogP contribution in [0.25, 0.3) is 10.9 Å². The van der Waals surface area contributed by atoms with Crippen molar-refractivity contribution in [2.75, 3.05) is 13.2 Å². The highest BCUT2D eigenvalue weighted by atomic mass is 16.5. The number of hydrogen-bond donors (Lipinski definition) is 3. The first-order valence-electron chi connectivity index (χ1n) is 6.79. The van der Waals surface area contributed by atoms with Crippen LogP contribution >= 0.6 is 0 Å². The van der Waals surface area contributed by atoms with Gasteiger partial charge in [0, 0.05) is 16.6 Å². The van der Waals surface area contributed by atoms with Crippen molar-refractivity contribution in [2.45, 2.75) is 32.9 Å². The number of hydrogen-bond acceptors (Lipinski definition) is 2. The number of nitrogens with one attached hydrogen (secondary N) is 1. The third kappa shape index (κ3) is 3.72. The van der Waals surface area contributed by atoms with Gasteiger partial charge in [-0.25, -0.2) is 0 Å². The minimum Gasteiger partial charge on any atom is -0.490 e. The molecule has 1 atom stereocenters. The van der Waals surface area contributed by atoms with Crippen LogP contribution in [-0.4, -0.2) is 35.4 Å². The Morgan fingerprint density at radius 1 is 1.37 bits per heavy atom. The van der Waals surface area contributed by atoms with E-state index in [1.807, 2.05) is 25.1 Å². The lowest BCUT2D eigenvalue weighted by molar-refractivity contribution is -0.688. The van der Waals surface area contributed by atoms with E-state index in [1.165, 1.54) is 0 Å². The maximum atomic E-state index is 9.87. The Hall–Kier alpha value is -1.52. The molecule has 0 amide bonds. The van der Waals surface area contributed by atoms with Crippen LogP contribution in [0.5, 0.6) is 5.75 Å². The van der Waals surface area contributed by atoms with Crippen molar-refractivity contribution in [1.29, 1.82) is 0 Å². The normalized spacial score (nSPS) is 13.1. The lowest BCUT2D eigenvalue weighted by Crippen LogP contribution is -2.90. The van der Waals surface area contributed by atoms with Gasteiger partial charge in [-0.2, -0.15) is 0 Å². The molecule has 1 unspecified atom stereocenters. The Morgan fingerprint density at radius 3 is 2.89 bits per heavy atom. The second-order valence-electron chi connectivity index (χ2n) is 5.35. The van der Waals surface area contributed by atoms with Crippen molar-refractivity contribution in [2.24, 2.45) is 0 Å². The summed E-state index contributed by atoms with van der Waals surface area (Å²) in [7, 11) is 0. The summed E-state index contributed by atoms with van der Waals surface area (Å²) in [5, 5.41) is 13.0. The first kappa shape index (κ1) is 13.9. The van der Waals surface area contributed by atoms with E-state index in [2.05, 4.69) is 30.2 Å². The van der Waals surface area contributed by atoms with Gasteiger partial charge < -0.3 is 20.1 Å². The summed E-state index contributed by atoms with van der Waals surface area (Å²) in [4.78, 5) is 3.28. The van der Waals surface area contributed by atoms with Gasteiger partial charge in [0.25, 0.3) is 0 Å². The number of H-pyrrole nitrogens is 1. The van der Waals surface area contributed by atoms with Crippen molar-refractivity contribution in [3.63, 3.8) is 0 Å². The minimum atomic E-state index is -0.447. The van der Waals surface area contributed by atoms with Crippen LogP contribution in [0.4, 0.5) is 0 Å². The van der Waals surface area contributed by atoms with Crippen molar-refractivity contribution in [1.82, 2.24) is 4.98 Å². The fourth-order valence-corrected chi connectivity index (χ4v) is 2.08. The number of ether oxygens (including phenoxy) is 1. The summed E-state index contributed by atoms with van der Waals surface area (Å²) >= 11 is 0. The average molecular weight is 263 g/mol. The van der Waals surface area contributed by atoms with Crippen LogP contribution < -0.4 is 10.1 Å². The molecule has 0 saturated carbocycles. The monoisotopic (exact) mass is 263 g/mol. The van der Waals surface area contributed by atoms with Gasteiger partial charge in [-0.3, -0.25) is 0 Å². The van der Waals surface area contributed by atoms with E-state index in [0.29, 0.717) is 19.2 Å². The Morgan fingerprint density at radius 2 is 2.16 bits per heavy atom. The van der Waals surface area contributed by atoms with E-state index in [1.54, 1.807) is 0 Å². The van der Waals surface area contributed by atoms with Gasteiger partial charge in [0.05, 0.1) is 6.04 Å². The van der Waals surface area contributed by atoms with Gasteiger partial charge in [0.2, 0.25) is 0 Å². The van der Waals surface area contributed by atoms with E-state index in [0.717, 1.165) is 22.3 Å². The summed E-state index contributed by atoms with van der Waals surface area (Å²) in [5.41, 5.74) is 2.18. The smallest absolute Gasteiger partial charge is 0.137 e. The number of nitrogens with two attached hydrogens (primary N) is 1. The zero-order valence-electron chi connectivity index (χ0n) is 11.8. The number of benzene rings is 1. The minimum absolute atomic E-state index is 0.326. The second-order valence-corrected chi connectivity index (χ2v) is 5.35. The van der Waals surface area contributed by atoms with Crippen LogP contribution in [0.1, 0.15) is 19.5 Å². The molecule has 0 radical (unpaired) electrons. The van der Waals surface area contributed by atoms with Gasteiger partial charge in [0.15, 0.2) is 0 Å². The topological polar surface area (TPSA) is 61.9 Å². The van der Waals surface area contributed by atoms with E-state index < -0.39 is 6.10 Å². The standard InChI is InChI=1S/C15H22N2O2/c1-10(2)16-8-12(18)9-19-15-6-4-5-14-13(15)7-11(3)17-14/h4-7,10,12,16-18H,8-9H2,1-3H3/p+1. The quantitative estimate of drug-likeness (QED) is 0.733. The first-order chi connectivity index (χ1) is 9.06. The SMILES string of the molecule is Cc1cc2c(OCC(O)C[NH2+]C(C)C)cccc2[nH]1. The third-order valence-electron chi connectivity index (χ3n) is 3.07. The van der Waals surface area contributed by atoms with Gasteiger partial charge in [-0.05, 0) is 39.0 Å². The van der Waals surface area contributed by atoms with E-state index in [4.69, 9.17) is 4.74 Å². The maximum Gasteiger partial charge on any atom is 0.137 e. The second kappa shape index (κ2) is 6.08. The van der Waals surface area contributed by atoms with Crippen LogP contribution in [-0.2, 0) is 0 Å². The van der Waals surface area contributed by atoms with E-state index in [9.17, 15) is 5.11 Å². The lowest BCUT2D eigenvalue weighted by Gasteiger charge is -2.13. The zero-order valence-corrected chi connectivity index (χ0v) is 11.8.